The summed E-state index contributed by atoms with van der Waals surface area (Å²) in [6.45, 7) is 4.96. The molecule has 0 bridgehead atoms. The number of hydrogen-bond acceptors (Lipinski definition) is 1. The fraction of sp³-hybridized carbons (Fsp3) is 1.00. The molecule has 2 radical (unpaired) electrons. The molecule has 0 saturated heterocycles. The molecule has 1 nitrogen and oxygen atoms in total. The highest BCUT2D eigenvalue weighted by molar-refractivity contribution is 6.07. The topological polar surface area (TPSA) is 9.23 Å². The maximum absolute atomic E-state index is 5.03. The largest absolute Gasteiger partial charge is 0.279 e. The van der Waals surface area contributed by atoms with Gasteiger partial charge in [-0.25, -0.2) is 0 Å². The lowest BCUT2D eigenvalue weighted by atomic mass is 10.1. The normalized spacial score (nSPS) is 12.3. The van der Waals surface area contributed by atoms with E-state index in [4.69, 9.17) is 11.9 Å². The summed E-state index contributed by atoms with van der Waals surface area (Å²) in [5.74, 6) is 0.609. The lowest BCUT2D eigenvalue weighted by Crippen LogP contribution is -1.99. The van der Waals surface area contributed by atoms with E-state index in [1.807, 2.05) is 0 Å². The zero-order valence-corrected chi connectivity index (χ0v) is 8.36. The molecule has 0 amide bonds. The Labute approximate surface area is 78.4 Å². The van der Waals surface area contributed by atoms with Crippen LogP contribution in [-0.4, -0.2) is 29.7 Å². The minimum absolute atomic E-state index is 0. The molecule has 0 aliphatic rings. The van der Waals surface area contributed by atoms with Gasteiger partial charge in [0.25, 0.3) is 0 Å². The van der Waals surface area contributed by atoms with Gasteiger partial charge < -0.3 is 0 Å². The van der Waals surface area contributed by atoms with Crippen molar-refractivity contribution in [3.05, 3.63) is 0 Å². The van der Waals surface area contributed by atoms with Crippen molar-refractivity contribution in [1.29, 1.82) is 0 Å². The second-order valence-electron chi connectivity index (χ2n) is 2.17. The van der Waals surface area contributed by atoms with Gasteiger partial charge in [-0.1, -0.05) is 20.3 Å². The first-order valence-electron chi connectivity index (χ1n) is 3.04. The number of hydrogen-bond donors (Lipinski definition) is 0. The van der Waals surface area contributed by atoms with Crippen molar-refractivity contribution >= 4 is 34.9 Å². The lowest BCUT2D eigenvalue weighted by Gasteiger charge is -2.04. The molecule has 0 N–H and O–H groups in total. The maximum atomic E-state index is 5.03. The Morgan fingerprint density at radius 1 is 1.56 bits per heavy atom. The third-order valence-electron chi connectivity index (χ3n) is 1.13. The van der Waals surface area contributed by atoms with E-state index in [0.29, 0.717) is 12.5 Å². The van der Waals surface area contributed by atoms with Gasteiger partial charge in [0.2, 0.25) is 0 Å². The second-order valence-corrected chi connectivity index (χ2v) is 2.39. The van der Waals surface area contributed by atoms with Crippen molar-refractivity contribution < 1.29 is 4.29 Å². The molecule has 0 rings (SSSR count). The summed E-state index contributed by atoms with van der Waals surface area (Å²) in [4.78, 5) is 0. The van der Waals surface area contributed by atoms with E-state index in [1.54, 1.807) is 0 Å². The summed E-state index contributed by atoms with van der Waals surface area (Å²) in [7, 11) is 0. The fourth-order valence-electron chi connectivity index (χ4n) is 0.684. The average molecular weight is 161 g/mol. The molecule has 0 aromatic rings. The van der Waals surface area contributed by atoms with E-state index in [9.17, 15) is 0 Å². The first-order valence-corrected chi connectivity index (χ1v) is 3.35. The standard InChI is InChI=1S/C6H13ClO.Mg/c1-3-4-6(2)5-8-7;/h6H,3-5H2,1-2H3;. The van der Waals surface area contributed by atoms with Crippen LogP contribution >= 0.6 is 11.9 Å². The predicted octanol–water partition coefficient (Wildman–Crippen LogP) is 2.21. The third-order valence-corrected chi connectivity index (χ3v) is 1.25. The highest BCUT2D eigenvalue weighted by atomic mass is 35.5. The predicted molar refractivity (Wildman–Crippen MR) is 41.6 cm³/mol. The Morgan fingerprint density at radius 3 is 2.44 bits per heavy atom. The van der Waals surface area contributed by atoms with Crippen LogP contribution in [-0.2, 0) is 4.29 Å². The molecule has 0 saturated carbocycles. The monoisotopic (exact) mass is 160 g/mol. The molecule has 0 aliphatic heterocycles. The van der Waals surface area contributed by atoms with E-state index in [-0.39, 0.29) is 23.1 Å². The van der Waals surface area contributed by atoms with E-state index >= 15 is 0 Å². The fourth-order valence-corrected chi connectivity index (χ4v) is 0.899. The molecule has 0 heterocycles. The Hall–Kier alpha value is 1.02. The van der Waals surface area contributed by atoms with Crippen LogP contribution in [0.5, 0.6) is 0 Å². The molecule has 0 aliphatic carbocycles. The molecule has 0 aromatic heterocycles. The van der Waals surface area contributed by atoms with Crippen molar-refractivity contribution in [3.8, 4) is 0 Å². The lowest BCUT2D eigenvalue weighted by molar-refractivity contribution is 0.274. The Morgan fingerprint density at radius 2 is 2.11 bits per heavy atom. The van der Waals surface area contributed by atoms with E-state index in [0.717, 1.165) is 0 Å². The van der Waals surface area contributed by atoms with Gasteiger partial charge in [0.15, 0.2) is 0 Å². The summed E-state index contributed by atoms with van der Waals surface area (Å²) < 4.78 is 4.43. The maximum Gasteiger partial charge on any atom is 0.0708 e. The third kappa shape index (κ3) is 9.02. The van der Waals surface area contributed by atoms with Gasteiger partial charge in [0, 0.05) is 23.1 Å². The van der Waals surface area contributed by atoms with E-state index < -0.39 is 0 Å². The minimum atomic E-state index is 0. The van der Waals surface area contributed by atoms with Crippen molar-refractivity contribution in [2.24, 2.45) is 5.92 Å². The summed E-state index contributed by atoms with van der Waals surface area (Å²) in [6, 6.07) is 0. The molecular weight excluding hydrogens is 148 g/mol. The van der Waals surface area contributed by atoms with Gasteiger partial charge in [-0.3, -0.25) is 4.29 Å². The van der Waals surface area contributed by atoms with Crippen LogP contribution in [0.25, 0.3) is 0 Å². The van der Waals surface area contributed by atoms with E-state index in [1.165, 1.54) is 12.8 Å². The van der Waals surface area contributed by atoms with Crippen LogP contribution in [0.3, 0.4) is 0 Å². The summed E-state index contributed by atoms with van der Waals surface area (Å²) >= 11 is 5.03. The Balaban J connectivity index is 0. The number of halogens is 1. The molecule has 0 aromatic carbocycles. The van der Waals surface area contributed by atoms with Crippen molar-refractivity contribution in [2.45, 2.75) is 26.7 Å². The SMILES string of the molecule is CCCC(C)COCl.[Mg]. The molecule has 9 heavy (non-hydrogen) atoms. The van der Waals surface area contributed by atoms with Crippen LogP contribution in [0, 0.1) is 5.92 Å². The smallest absolute Gasteiger partial charge is 0.0708 e. The van der Waals surface area contributed by atoms with Gasteiger partial charge in [-0.05, 0) is 12.3 Å². The summed E-state index contributed by atoms with van der Waals surface area (Å²) in [6.07, 6.45) is 2.41. The summed E-state index contributed by atoms with van der Waals surface area (Å²) in [5, 5.41) is 0. The molecule has 0 spiro atoms. The van der Waals surface area contributed by atoms with Gasteiger partial charge in [-0.2, -0.15) is 0 Å². The van der Waals surface area contributed by atoms with Crippen LogP contribution in [0.4, 0.5) is 0 Å². The van der Waals surface area contributed by atoms with Gasteiger partial charge >= 0.3 is 0 Å². The zero-order chi connectivity index (χ0) is 6.41. The van der Waals surface area contributed by atoms with Gasteiger partial charge in [0.05, 0.1) is 18.5 Å². The molecule has 3 heteroatoms. The molecule has 52 valence electrons. The second kappa shape index (κ2) is 9.02. The van der Waals surface area contributed by atoms with Crippen molar-refractivity contribution in [1.82, 2.24) is 0 Å². The first kappa shape index (κ1) is 12.7. The van der Waals surface area contributed by atoms with Crippen LogP contribution in [0.1, 0.15) is 26.7 Å². The van der Waals surface area contributed by atoms with Crippen LogP contribution in [0.15, 0.2) is 0 Å². The zero-order valence-electron chi connectivity index (χ0n) is 6.19. The van der Waals surface area contributed by atoms with Gasteiger partial charge in [-0.15, -0.1) is 0 Å². The average Bonchev–Trinajstić information content (AvgIpc) is 1.68. The number of rotatable bonds is 4. The first-order chi connectivity index (χ1) is 3.81. The highest BCUT2D eigenvalue weighted by Gasteiger charge is 1.97. The van der Waals surface area contributed by atoms with Crippen LogP contribution in [0.2, 0.25) is 0 Å². The van der Waals surface area contributed by atoms with Crippen LogP contribution < -0.4 is 0 Å². The Bertz CT molecular complexity index is 46.3. The Kier molecular flexibility index (Phi) is 12.7. The molecule has 1 atom stereocenters. The minimum Gasteiger partial charge on any atom is -0.279 e. The molecule has 1 unspecified atom stereocenters. The van der Waals surface area contributed by atoms with Crippen molar-refractivity contribution in [3.63, 3.8) is 0 Å². The molecular formula is C6H13ClMgO. The van der Waals surface area contributed by atoms with E-state index in [2.05, 4.69) is 18.1 Å². The van der Waals surface area contributed by atoms with Crippen molar-refractivity contribution in [2.75, 3.05) is 6.61 Å². The quantitative estimate of drug-likeness (QED) is 0.574. The molecule has 0 fully saturated rings. The summed E-state index contributed by atoms with van der Waals surface area (Å²) in [5.41, 5.74) is 0. The highest BCUT2D eigenvalue weighted by Crippen LogP contribution is 2.05. The van der Waals surface area contributed by atoms with Gasteiger partial charge in [0.1, 0.15) is 0 Å².